The maximum absolute atomic E-state index is 13.2. The fraction of sp³-hybridized carbons (Fsp3) is 0.474. The van der Waals surface area contributed by atoms with Crippen LogP contribution in [0, 0.1) is 17.6 Å². The largest absolute Gasteiger partial charge is 0.309 e. The van der Waals surface area contributed by atoms with Crippen LogP contribution >= 0.6 is 0 Å². The monoisotopic (exact) mass is 426 g/mol. The highest BCUT2D eigenvalue weighted by molar-refractivity contribution is 7.89. The normalized spacial score (nSPS) is 15.4. The van der Waals surface area contributed by atoms with E-state index in [-0.39, 0.29) is 13.0 Å². The van der Waals surface area contributed by atoms with Crippen LogP contribution in [0.2, 0.25) is 0 Å². The molecule has 0 aliphatic heterocycles. The zero-order valence-corrected chi connectivity index (χ0v) is 16.7. The van der Waals surface area contributed by atoms with Gasteiger partial charge in [0.15, 0.2) is 17.5 Å². The molecule has 1 aliphatic carbocycles. The van der Waals surface area contributed by atoms with Crippen LogP contribution in [0.4, 0.5) is 14.6 Å². The van der Waals surface area contributed by atoms with E-state index >= 15 is 0 Å². The molecular weight excluding hydrogens is 402 g/mol. The third-order valence-electron chi connectivity index (χ3n) is 4.98. The van der Waals surface area contributed by atoms with E-state index in [1.54, 1.807) is 6.07 Å². The van der Waals surface area contributed by atoms with Gasteiger partial charge in [-0.25, -0.2) is 21.9 Å². The highest BCUT2D eigenvalue weighted by Gasteiger charge is 2.18. The number of sulfonamides is 1. The summed E-state index contributed by atoms with van der Waals surface area (Å²) < 4.78 is 52.5. The number of nitrogens with one attached hydrogen (secondary N) is 3. The number of H-pyrrole nitrogens is 1. The smallest absolute Gasteiger partial charge is 0.240 e. The van der Waals surface area contributed by atoms with Crippen molar-refractivity contribution in [1.82, 2.24) is 14.9 Å². The maximum atomic E-state index is 13.2. The first-order chi connectivity index (χ1) is 13.8. The van der Waals surface area contributed by atoms with Gasteiger partial charge in [-0.15, -0.1) is 0 Å². The fourth-order valence-electron chi connectivity index (χ4n) is 3.46. The molecule has 3 rings (SSSR count). The van der Waals surface area contributed by atoms with Gasteiger partial charge in [-0.3, -0.25) is 9.89 Å². The summed E-state index contributed by atoms with van der Waals surface area (Å²) >= 11 is 0. The van der Waals surface area contributed by atoms with Crippen molar-refractivity contribution in [2.45, 2.75) is 49.8 Å². The number of nitrogens with zero attached hydrogens (tertiary/aromatic N) is 1. The van der Waals surface area contributed by atoms with E-state index in [9.17, 15) is 22.0 Å². The maximum Gasteiger partial charge on any atom is 0.240 e. The van der Waals surface area contributed by atoms with Crippen molar-refractivity contribution in [3.8, 4) is 0 Å². The van der Waals surface area contributed by atoms with Gasteiger partial charge in [0.05, 0.1) is 4.90 Å². The number of rotatable bonds is 8. The zero-order chi connectivity index (χ0) is 20.9. The van der Waals surface area contributed by atoms with Crippen molar-refractivity contribution in [3.05, 3.63) is 41.6 Å². The minimum Gasteiger partial charge on any atom is -0.309 e. The van der Waals surface area contributed by atoms with Gasteiger partial charge in [0.1, 0.15) is 0 Å². The molecule has 0 atom stereocenters. The molecule has 1 aliphatic rings. The van der Waals surface area contributed by atoms with Crippen molar-refractivity contribution in [3.63, 3.8) is 0 Å². The Morgan fingerprint density at radius 1 is 1.14 bits per heavy atom. The Morgan fingerprint density at radius 3 is 2.62 bits per heavy atom. The number of carbonyl (C=O) groups is 1. The third kappa shape index (κ3) is 6.07. The second kappa shape index (κ2) is 9.45. The van der Waals surface area contributed by atoms with E-state index in [1.165, 1.54) is 32.1 Å². The van der Waals surface area contributed by atoms with E-state index < -0.39 is 32.5 Å². The van der Waals surface area contributed by atoms with Crippen molar-refractivity contribution in [2.24, 2.45) is 5.92 Å². The van der Waals surface area contributed by atoms with Crippen LogP contribution < -0.4 is 10.0 Å². The van der Waals surface area contributed by atoms with E-state index in [2.05, 4.69) is 20.2 Å². The number of halogens is 2. The van der Waals surface area contributed by atoms with Crippen LogP contribution in [0.5, 0.6) is 0 Å². The van der Waals surface area contributed by atoms with Gasteiger partial charge < -0.3 is 5.32 Å². The Kier molecular flexibility index (Phi) is 6.96. The van der Waals surface area contributed by atoms with Gasteiger partial charge in [0, 0.05) is 24.7 Å². The van der Waals surface area contributed by atoms with Crippen LogP contribution in [0.1, 0.15) is 44.2 Å². The number of aromatic amines is 1. The van der Waals surface area contributed by atoms with Crippen molar-refractivity contribution < 1.29 is 22.0 Å². The molecule has 0 spiro atoms. The molecule has 158 valence electrons. The van der Waals surface area contributed by atoms with Crippen molar-refractivity contribution >= 4 is 21.7 Å². The first kappa shape index (κ1) is 21.4. The average molecular weight is 426 g/mol. The number of hydrogen-bond acceptors (Lipinski definition) is 4. The Hall–Kier alpha value is -2.33. The summed E-state index contributed by atoms with van der Waals surface area (Å²) in [7, 11) is -4.04. The minimum absolute atomic E-state index is 0.131. The number of benzene rings is 1. The summed E-state index contributed by atoms with van der Waals surface area (Å²) in [4.78, 5) is 11.6. The molecule has 1 saturated carbocycles. The molecule has 0 radical (unpaired) electrons. The van der Waals surface area contributed by atoms with Gasteiger partial charge in [0.2, 0.25) is 15.9 Å². The summed E-state index contributed by atoms with van der Waals surface area (Å²) in [5.74, 6) is -1.77. The third-order valence-corrected chi connectivity index (χ3v) is 6.44. The summed E-state index contributed by atoms with van der Waals surface area (Å²) in [6.07, 6.45) is 6.98. The first-order valence-corrected chi connectivity index (χ1v) is 11.1. The molecule has 0 unspecified atom stereocenters. The Morgan fingerprint density at radius 2 is 1.90 bits per heavy atom. The van der Waals surface area contributed by atoms with Crippen LogP contribution in [0.15, 0.2) is 29.2 Å². The molecule has 1 fully saturated rings. The lowest BCUT2D eigenvalue weighted by molar-refractivity contribution is -0.116. The van der Waals surface area contributed by atoms with Crippen molar-refractivity contribution in [1.29, 1.82) is 0 Å². The molecule has 29 heavy (non-hydrogen) atoms. The fourth-order valence-corrected chi connectivity index (χ4v) is 4.51. The average Bonchev–Trinajstić information content (AvgIpc) is 3.11. The quantitative estimate of drug-likeness (QED) is 0.603. The molecule has 1 aromatic carbocycles. The highest BCUT2D eigenvalue weighted by atomic mass is 32.2. The Balaban J connectivity index is 1.45. The predicted molar refractivity (Wildman–Crippen MR) is 104 cm³/mol. The van der Waals surface area contributed by atoms with Gasteiger partial charge in [0.25, 0.3) is 0 Å². The summed E-state index contributed by atoms with van der Waals surface area (Å²) in [5.41, 5.74) is 0.964. The molecule has 1 aromatic heterocycles. The predicted octanol–water partition coefficient (Wildman–Crippen LogP) is 3.12. The van der Waals surface area contributed by atoms with Gasteiger partial charge >= 0.3 is 0 Å². The van der Waals surface area contributed by atoms with E-state index in [0.29, 0.717) is 17.8 Å². The van der Waals surface area contributed by atoms with Crippen LogP contribution in [-0.4, -0.2) is 31.1 Å². The lowest BCUT2D eigenvalue weighted by atomic mass is 9.86. The zero-order valence-electron chi connectivity index (χ0n) is 15.9. The van der Waals surface area contributed by atoms with Crippen LogP contribution in [-0.2, 0) is 21.2 Å². The standard InChI is InChI=1S/C19H24F2N4O3S/c20-16-7-6-15(12-17(16)21)29(27,28)22-9-8-19(26)23-18-11-14(24-25-18)10-13-4-2-1-3-5-13/h6-7,11-13,22H,1-5,8-10H2,(H2,23,24,25,26). The van der Waals surface area contributed by atoms with E-state index in [1.807, 2.05) is 0 Å². The van der Waals surface area contributed by atoms with Crippen LogP contribution in [0.3, 0.4) is 0 Å². The Labute approximate surface area is 168 Å². The molecule has 1 amide bonds. The number of aromatic nitrogens is 2. The molecule has 2 aromatic rings. The van der Waals surface area contributed by atoms with Gasteiger partial charge in [-0.1, -0.05) is 32.1 Å². The van der Waals surface area contributed by atoms with Gasteiger partial charge in [-0.2, -0.15) is 5.10 Å². The summed E-state index contributed by atoms with van der Waals surface area (Å²) in [6.45, 7) is -0.188. The minimum atomic E-state index is -4.04. The number of anilines is 1. The second-order valence-corrected chi connectivity index (χ2v) is 9.03. The van der Waals surface area contributed by atoms with Gasteiger partial charge in [-0.05, 0) is 30.5 Å². The molecule has 3 N–H and O–H groups in total. The summed E-state index contributed by atoms with van der Waals surface area (Å²) in [5, 5.41) is 9.62. The molecule has 0 saturated heterocycles. The Bertz CT molecular complexity index is 956. The molecule has 1 heterocycles. The summed E-state index contributed by atoms with van der Waals surface area (Å²) in [6, 6.07) is 4.07. The molecule has 10 heteroatoms. The topological polar surface area (TPSA) is 104 Å². The molecule has 0 bridgehead atoms. The van der Waals surface area contributed by atoms with Crippen molar-refractivity contribution in [2.75, 3.05) is 11.9 Å². The van der Waals surface area contributed by atoms with E-state index in [4.69, 9.17) is 0 Å². The molecular formula is C19H24F2N4O3S. The highest BCUT2D eigenvalue weighted by Crippen LogP contribution is 2.26. The lowest BCUT2D eigenvalue weighted by Crippen LogP contribution is -2.28. The first-order valence-electron chi connectivity index (χ1n) is 9.62. The number of carbonyl (C=O) groups excluding carboxylic acids is 1. The van der Waals surface area contributed by atoms with Crippen LogP contribution in [0.25, 0.3) is 0 Å². The second-order valence-electron chi connectivity index (χ2n) is 7.26. The molecule has 7 nitrogen and oxygen atoms in total. The number of amides is 1. The van der Waals surface area contributed by atoms with E-state index in [0.717, 1.165) is 24.2 Å². The SMILES string of the molecule is O=C(CCNS(=O)(=O)c1ccc(F)c(F)c1)Nc1cc(CC2CCCCC2)[nH]n1. The lowest BCUT2D eigenvalue weighted by Gasteiger charge is -2.20. The number of hydrogen-bond donors (Lipinski definition) is 3.